The molecule has 0 saturated heterocycles. The molecule has 1 aliphatic carbocycles. The van der Waals surface area contributed by atoms with Crippen molar-refractivity contribution < 1.29 is 42.0 Å². The highest BCUT2D eigenvalue weighted by atomic mass is 19.4. The van der Waals surface area contributed by atoms with Gasteiger partial charge in [-0.15, -0.1) is 23.4 Å². The van der Waals surface area contributed by atoms with Crippen molar-refractivity contribution in [2.75, 3.05) is 39.9 Å². The molecule has 0 amide bonds. The Morgan fingerprint density at radius 2 is 1.75 bits per heavy atom. The first-order valence-electron chi connectivity index (χ1n) is 16.7. The van der Waals surface area contributed by atoms with Gasteiger partial charge in [-0.25, -0.2) is 0 Å². The van der Waals surface area contributed by atoms with E-state index in [0.717, 1.165) is 49.3 Å². The number of halogens is 3. The van der Waals surface area contributed by atoms with Crippen molar-refractivity contribution in [1.82, 2.24) is 15.5 Å². The van der Waals surface area contributed by atoms with Crippen LogP contribution in [0.15, 0.2) is 30.0 Å². The van der Waals surface area contributed by atoms with Crippen LogP contribution in [0.3, 0.4) is 0 Å². The summed E-state index contributed by atoms with van der Waals surface area (Å²) in [6, 6.07) is 3.76. The number of benzene rings is 1. The van der Waals surface area contributed by atoms with E-state index in [1.807, 2.05) is 0 Å². The molecular weight excluding hydrogens is 629 g/mol. The van der Waals surface area contributed by atoms with E-state index < -0.39 is 12.1 Å². The molecule has 1 aliphatic rings. The summed E-state index contributed by atoms with van der Waals surface area (Å²) in [6.45, 7) is 8.04. The highest BCUT2D eigenvalue weighted by Crippen LogP contribution is 2.37. The summed E-state index contributed by atoms with van der Waals surface area (Å²) in [4.78, 5) is 9.18. The second-order valence-electron chi connectivity index (χ2n) is 11.3. The van der Waals surface area contributed by atoms with Crippen molar-refractivity contribution in [3.8, 4) is 22.8 Å². The Labute approximate surface area is 283 Å². The third-order valence-corrected chi connectivity index (χ3v) is 7.47. The number of allylic oxidation sites excluding steroid dienone is 1. The molecule has 0 bridgehead atoms. The fourth-order valence-electron chi connectivity index (χ4n) is 4.88. The molecule has 1 unspecified atom stereocenters. The summed E-state index contributed by atoms with van der Waals surface area (Å²) < 4.78 is 55.9. The highest BCUT2D eigenvalue weighted by Gasteiger charge is 2.31. The van der Waals surface area contributed by atoms with Gasteiger partial charge in [-0.05, 0) is 75.8 Å². The van der Waals surface area contributed by atoms with Gasteiger partial charge in [0.25, 0.3) is 6.47 Å². The number of phenolic OH excluding ortho intramolecular Hbond substituents is 1. The third-order valence-electron chi connectivity index (χ3n) is 7.47. The summed E-state index contributed by atoms with van der Waals surface area (Å²) in [5.41, 5.74) is 3.90. The highest BCUT2D eigenvalue weighted by molar-refractivity contribution is 5.73. The van der Waals surface area contributed by atoms with Crippen molar-refractivity contribution in [1.29, 1.82) is 0 Å². The Hall–Kier alpha value is -3.58. The summed E-state index contributed by atoms with van der Waals surface area (Å²) in [5, 5.41) is 26.9. The molecule has 1 atom stereocenters. The predicted molar refractivity (Wildman–Crippen MR) is 182 cm³/mol. The van der Waals surface area contributed by atoms with Gasteiger partial charge in [-0.3, -0.25) is 4.79 Å². The molecule has 3 rings (SSSR count). The molecule has 0 spiro atoms. The van der Waals surface area contributed by atoms with Crippen LogP contribution in [-0.4, -0.2) is 68.7 Å². The fraction of sp³-hybridized carbons (Fsp3) is 0.629. The van der Waals surface area contributed by atoms with Gasteiger partial charge in [0.2, 0.25) is 0 Å². The second kappa shape index (κ2) is 24.5. The average molecular weight is 685 g/mol. The maximum Gasteiger partial charge on any atom is 0.573 e. The fourth-order valence-corrected chi connectivity index (χ4v) is 4.88. The van der Waals surface area contributed by atoms with Gasteiger partial charge in [-0.2, -0.15) is 0 Å². The molecule has 0 radical (unpaired) electrons. The van der Waals surface area contributed by atoms with Crippen molar-refractivity contribution in [2.45, 2.75) is 110 Å². The molecule has 0 aliphatic heterocycles. The zero-order valence-electron chi connectivity index (χ0n) is 29.4. The van der Waals surface area contributed by atoms with Crippen LogP contribution >= 0.6 is 0 Å². The van der Waals surface area contributed by atoms with Crippen LogP contribution in [0.4, 0.5) is 19.0 Å². The molecule has 1 aromatic heterocycles. The Bertz CT molecular complexity index is 1210. The van der Waals surface area contributed by atoms with Gasteiger partial charge in [0.05, 0.1) is 6.61 Å². The van der Waals surface area contributed by atoms with Crippen LogP contribution < -0.4 is 15.4 Å². The van der Waals surface area contributed by atoms with Crippen LogP contribution in [-0.2, 0) is 32.0 Å². The van der Waals surface area contributed by atoms with Crippen molar-refractivity contribution in [3.63, 3.8) is 0 Å². The molecule has 1 aromatic carbocycles. The minimum atomic E-state index is -4.85. The number of nitrogens with one attached hydrogen (secondary N) is 2. The van der Waals surface area contributed by atoms with Gasteiger partial charge in [0.15, 0.2) is 5.82 Å². The number of phenols is 1. The topological polar surface area (TPSA) is 124 Å². The third kappa shape index (κ3) is 16.5. The lowest BCUT2D eigenvalue weighted by molar-refractivity contribution is -0.274. The van der Waals surface area contributed by atoms with Crippen molar-refractivity contribution in [3.05, 3.63) is 41.1 Å². The average Bonchev–Trinajstić information content (AvgIpc) is 3.01. The first-order valence-corrected chi connectivity index (χ1v) is 16.7. The second-order valence-corrected chi connectivity index (χ2v) is 11.3. The smallest absolute Gasteiger partial charge is 0.507 e. The summed E-state index contributed by atoms with van der Waals surface area (Å²) >= 11 is 0. The Morgan fingerprint density at radius 3 is 2.27 bits per heavy atom. The number of rotatable bonds is 19. The minimum absolute atomic E-state index is 0.236. The molecule has 13 heteroatoms. The molecule has 1 saturated carbocycles. The summed E-state index contributed by atoms with van der Waals surface area (Å²) in [6.07, 6.45) is 8.57. The number of hydrogen-bond acceptors (Lipinski definition) is 10. The van der Waals surface area contributed by atoms with Crippen molar-refractivity contribution >= 4 is 12.3 Å². The van der Waals surface area contributed by atoms with Gasteiger partial charge in [0.1, 0.15) is 17.2 Å². The number of carbonyl (C=O) groups excluding carboxylic acids is 1. The number of anilines is 1. The lowest BCUT2D eigenvalue weighted by atomic mass is 9.93. The van der Waals surface area contributed by atoms with E-state index in [4.69, 9.17) is 4.74 Å². The quantitative estimate of drug-likeness (QED) is 0.0988. The predicted octanol–water partition coefficient (Wildman–Crippen LogP) is 8.09. The molecule has 3 N–H and O–H groups in total. The number of aromatic nitrogens is 2. The van der Waals surface area contributed by atoms with Crippen LogP contribution in [0.1, 0.15) is 96.1 Å². The Balaban J connectivity index is 0.00000129. The number of hydrogen-bond donors (Lipinski definition) is 3. The number of alkyl halides is 3. The Kier molecular flexibility index (Phi) is 21.7. The summed E-state index contributed by atoms with van der Waals surface area (Å²) in [5.74, 6) is -0.166. The first kappa shape index (κ1) is 42.4. The number of nitrogens with zero attached hydrogens (tertiary/aromatic N) is 2. The van der Waals surface area contributed by atoms with Gasteiger partial charge in [0, 0.05) is 57.7 Å². The molecular formula is C35H55F3N4O6. The van der Waals surface area contributed by atoms with E-state index in [9.17, 15) is 23.1 Å². The van der Waals surface area contributed by atoms with E-state index >= 15 is 0 Å². The van der Waals surface area contributed by atoms with Crippen LogP contribution in [0.2, 0.25) is 0 Å². The lowest BCUT2D eigenvalue weighted by Gasteiger charge is -2.23. The van der Waals surface area contributed by atoms with Crippen molar-refractivity contribution in [2.24, 2.45) is 0 Å². The molecule has 272 valence electrons. The number of methoxy groups -OCH3 is 2. The number of ether oxygens (including phenoxy) is 4. The van der Waals surface area contributed by atoms with Crippen LogP contribution in [0.25, 0.3) is 11.3 Å². The van der Waals surface area contributed by atoms with Crippen LogP contribution in [0.5, 0.6) is 11.5 Å². The maximum absolute atomic E-state index is 12.7. The van der Waals surface area contributed by atoms with Gasteiger partial charge >= 0.3 is 6.36 Å². The van der Waals surface area contributed by atoms with Crippen LogP contribution in [0, 0.1) is 0 Å². The van der Waals surface area contributed by atoms with E-state index in [2.05, 4.69) is 55.1 Å². The summed E-state index contributed by atoms with van der Waals surface area (Å²) in [7, 11) is 4.89. The largest absolute Gasteiger partial charge is 0.573 e. The SMILES string of the molecule is CCCCCCC(CC)Nc1nnc(-c2ccc(OC(F)(F)F)cc2O)c(CCCOC)c1CNC=C1CCC1.CCOC=O.COC. The van der Waals surface area contributed by atoms with E-state index in [-0.39, 0.29) is 11.8 Å². The number of unbranched alkanes of at least 4 members (excludes halogenated alkanes) is 3. The first-order chi connectivity index (χ1) is 23.1. The van der Waals surface area contributed by atoms with E-state index in [1.165, 1.54) is 43.4 Å². The molecule has 2 aromatic rings. The normalized spacial score (nSPS) is 12.7. The standard InChI is InChI=1S/C30H43F3N4O3.C3H6O2.C2H6O/c1-4-6-7-8-13-22(5-2)35-29-26(20-34-19-21-11-9-12-21)24(14-10-17-39-3)28(36-37-29)25-16-15-23(18-27(25)38)40-30(31,32)33;1-2-5-3-4;1-3-2/h15-16,18-19,22,34,38H,4-14,17,20H2,1-3H3,(H,35,37);3H,2H2,1H3;1-2H3. The zero-order valence-corrected chi connectivity index (χ0v) is 29.4. The van der Waals surface area contributed by atoms with Gasteiger partial charge < -0.3 is 34.7 Å². The minimum Gasteiger partial charge on any atom is -0.507 e. The molecule has 1 heterocycles. The molecule has 1 fully saturated rings. The number of aromatic hydroxyl groups is 1. The zero-order chi connectivity index (χ0) is 35.8. The lowest BCUT2D eigenvalue weighted by Crippen LogP contribution is -2.23. The maximum atomic E-state index is 12.7. The van der Waals surface area contributed by atoms with Gasteiger partial charge in [-0.1, -0.05) is 45.1 Å². The molecule has 48 heavy (non-hydrogen) atoms. The number of carbonyl (C=O) groups is 1. The molecule has 10 nitrogen and oxygen atoms in total. The Morgan fingerprint density at radius 1 is 1.02 bits per heavy atom. The monoisotopic (exact) mass is 684 g/mol. The van der Waals surface area contributed by atoms with E-state index in [0.29, 0.717) is 56.1 Å². The van der Waals surface area contributed by atoms with E-state index in [1.54, 1.807) is 28.3 Å².